The molecule has 0 unspecified atom stereocenters. The maximum atomic E-state index is 13.2. The van der Waals surface area contributed by atoms with Crippen LogP contribution in [0.4, 0.5) is 0 Å². The van der Waals surface area contributed by atoms with Crippen molar-refractivity contribution in [2.45, 2.75) is 18.9 Å². The number of ether oxygens (including phenoxy) is 3. The van der Waals surface area contributed by atoms with Crippen LogP contribution in [0.5, 0.6) is 5.88 Å². The number of hydrogen-bond acceptors (Lipinski definition) is 6. The number of carbonyl (C=O) groups is 1. The smallest absolute Gasteiger partial charge is 0.261 e. The van der Waals surface area contributed by atoms with E-state index in [1.54, 1.807) is 25.0 Å². The highest BCUT2D eigenvalue weighted by Gasteiger charge is 2.30. The maximum Gasteiger partial charge on any atom is 0.261 e. The zero-order valence-corrected chi connectivity index (χ0v) is 15.1. The average molecular weight is 352 g/mol. The number of aromatic nitrogens is 2. The van der Waals surface area contributed by atoms with E-state index in [4.69, 9.17) is 14.2 Å². The Morgan fingerprint density at radius 3 is 2.64 bits per heavy atom. The van der Waals surface area contributed by atoms with E-state index in [0.717, 1.165) is 45.7 Å². The normalized spacial score (nSPS) is 19.8. The van der Waals surface area contributed by atoms with E-state index in [0.29, 0.717) is 31.2 Å². The van der Waals surface area contributed by atoms with Gasteiger partial charge in [0.05, 0.1) is 20.3 Å². The minimum absolute atomic E-state index is 0.00916. The zero-order valence-electron chi connectivity index (χ0n) is 15.1. The van der Waals surface area contributed by atoms with Crippen molar-refractivity contribution in [2.24, 2.45) is 7.05 Å². The first-order valence-corrected chi connectivity index (χ1v) is 8.95. The van der Waals surface area contributed by atoms with E-state index < -0.39 is 0 Å². The van der Waals surface area contributed by atoms with Crippen molar-refractivity contribution in [2.75, 3.05) is 59.7 Å². The van der Waals surface area contributed by atoms with Crippen molar-refractivity contribution in [1.82, 2.24) is 19.6 Å². The second-order valence-corrected chi connectivity index (χ2v) is 6.52. The van der Waals surface area contributed by atoms with Crippen molar-refractivity contribution in [3.8, 4) is 5.88 Å². The lowest BCUT2D eigenvalue weighted by Gasteiger charge is -2.36. The van der Waals surface area contributed by atoms with Gasteiger partial charge in [-0.1, -0.05) is 0 Å². The van der Waals surface area contributed by atoms with E-state index in [1.165, 1.54) is 0 Å². The second kappa shape index (κ2) is 8.64. The molecule has 0 bridgehead atoms. The lowest BCUT2D eigenvalue weighted by molar-refractivity contribution is 0.0140. The summed E-state index contributed by atoms with van der Waals surface area (Å²) in [6.45, 7) is 6.34. The molecular formula is C17H28N4O4. The van der Waals surface area contributed by atoms with Gasteiger partial charge in [-0.2, -0.15) is 0 Å². The summed E-state index contributed by atoms with van der Waals surface area (Å²) in [5.41, 5.74) is 0.526. The number of aryl methyl sites for hydroxylation is 1. The summed E-state index contributed by atoms with van der Waals surface area (Å²) in [4.78, 5) is 17.6. The molecule has 2 fully saturated rings. The number of rotatable bonds is 6. The standard InChI is InChI=1S/C17H28N4O4/c1-19-13-15(16(18-19)23-2)17(22)21(14-3-9-24-10-4-14)6-5-20-7-11-25-12-8-20/h13-14H,3-12H2,1-2H3. The Kier molecular flexibility index (Phi) is 6.28. The van der Waals surface area contributed by atoms with Gasteiger partial charge in [0.15, 0.2) is 0 Å². The van der Waals surface area contributed by atoms with Gasteiger partial charge in [0, 0.05) is 58.7 Å². The van der Waals surface area contributed by atoms with Crippen LogP contribution in [0.3, 0.4) is 0 Å². The molecule has 0 spiro atoms. The summed E-state index contributed by atoms with van der Waals surface area (Å²) in [7, 11) is 3.34. The van der Waals surface area contributed by atoms with Crippen LogP contribution in [0.2, 0.25) is 0 Å². The van der Waals surface area contributed by atoms with Crippen LogP contribution in [-0.4, -0.2) is 91.2 Å². The molecule has 8 nitrogen and oxygen atoms in total. The van der Waals surface area contributed by atoms with Crippen LogP contribution < -0.4 is 4.74 Å². The minimum Gasteiger partial charge on any atom is -0.479 e. The molecule has 140 valence electrons. The van der Waals surface area contributed by atoms with Crippen LogP contribution in [0, 0.1) is 0 Å². The molecule has 0 saturated carbocycles. The quantitative estimate of drug-likeness (QED) is 0.737. The fourth-order valence-electron chi connectivity index (χ4n) is 3.44. The van der Waals surface area contributed by atoms with Crippen molar-refractivity contribution in [3.63, 3.8) is 0 Å². The molecule has 2 saturated heterocycles. The molecule has 3 heterocycles. The summed E-state index contributed by atoms with van der Waals surface area (Å²) < 4.78 is 17.8. The van der Waals surface area contributed by atoms with E-state index >= 15 is 0 Å². The van der Waals surface area contributed by atoms with Crippen LogP contribution in [0.1, 0.15) is 23.2 Å². The molecule has 0 aromatic carbocycles. The number of carbonyl (C=O) groups excluding carboxylic acids is 1. The van der Waals surface area contributed by atoms with Crippen molar-refractivity contribution < 1.29 is 19.0 Å². The molecule has 2 aliphatic heterocycles. The summed E-state index contributed by atoms with van der Waals surface area (Å²) in [6, 6.07) is 0.201. The van der Waals surface area contributed by atoms with Crippen molar-refractivity contribution >= 4 is 5.91 Å². The average Bonchev–Trinajstić information content (AvgIpc) is 3.04. The first-order valence-electron chi connectivity index (χ1n) is 8.95. The largest absolute Gasteiger partial charge is 0.479 e. The first-order chi connectivity index (χ1) is 12.2. The van der Waals surface area contributed by atoms with Gasteiger partial charge in [0.2, 0.25) is 5.88 Å². The topological polar surface area (TPSA) is 69.1 Å². The zero-order chi connectivity index (χ0) is 17.6. The van der Waals surface area contributed by atoms with Crippen molar-refractivity contribution in [1.29, 1.82) is 0 Å². The molecule has 0 atom stereocenters. The molecule has 25 heavy (non-hydrogen) atoms. The van der Waals surface area contributed by atoms with E-state index in [2.05, 4.69) is 10.00 Å². The first kappa shape index (κ1) is 18.2. The van der Waals surface area contributed by atoms with Crippen LogP contribution in [-0.2, 0) is 16.5 Å². The number of morpholine rings is 1. The molecular weight excluding hydrogens is 324 g/mol. The summed E-state index contributed by atoms with van der Waals surface area (Å²) >= 11 is 0. The molecule has 2 aliphatic rings. The Morgan fingerprint density at radius 1 is 1.28 bits per heavy atom. The Morgan fingerprint density at radius 2 is 1.96 bits per heavy atom. The fraction of sp³-hybridized carbons (Fsp3) is 0.765. The Bertz CT molecular complexity index is 565. The van der Waals surface area contributed by atoms with Gasteiger partial charge in [0.1, 0.15) is 5.56 Å². The summed E-state index contributed by atoms with van der Waals surface area (Å²) in [5, 5.41) is 4.22. The number of methoxy groups -OCH3 is 1. The number of hydrogen-bond donors (Lipinski definition) is 0. The Balaban J connectivity index is 1.73. The highest BCUT2D eigenvalue weighted by atomic mass is 16.5. The predicted octanol–water partition coefficient (Wildman–Crippen LogP) is 0.382. The lowest BCUT2D eigenvalue weighted by Crippen LogP contribution is -2.48. The predicted molar refractivity (Wildman–Crippen MR) is 91.9 cm³/mol. The fourth-order valence-corrected chi connectivity index (χ4v) is 3.44. The molecule has 0 radical (unpaired) electrons. The van der Waals surface area contributed by atoms with E-state index in [1.807, 2.05) is 4.90 Å². The van der Waals surface area contributed by atoms with Crippen LogP contribution in [0.25, 0.3) is 0 Å². The third-order valence-electron chi connectivity index (χ3n) is 4.87. The molecule has 1 amide bonds. The highest BCUT2D eigenvalue weighted by Crippen LogP contribution is 2.22. The third kappa shape index (κ3) is 4.50. The van der Waals surface area contributed by atoms with Crippen LogP contribution >= 0.6 is 0 Å². The number of amides is 1. The van der Waals surface area contributed by atoms with Gasteiger partial charge in [-0.05, 0) is 12.8 Å². The minimum atomic E-state index is -0.00916. The highest BCUT2D eigenvalue weighted by molar-refractivity contribution is 5.96. The van der Waals surface area contributed by atoms with E-state index in [9.17, 15) is 4.79 Å². The van der Waals surface area contributed by atoms with E-state index in [-0.39, 0.29) is 11.9 Å². The molecule has 0 N–H and O–H groups in total. The van der Waals surface area contributed by atoms with Crippen molar-refractivity contribution in [3.05, 3.63) is 11.8 Å². The maximum absolute atomic E-state index is 13.2. The Hall–Kier alpha value is -1.64. The second-order valence-electron chi connectivity index (χ2n) is 6.52. The summed E-state index contributed by atoms with van der Waals surface area (Å²) in [6.07, 6.45) is 3.48. The molecule has 1 aromatic heterocycles. The van der Waals surface area contributed by atoms with Gasteiger partial charge in [-0.15, -0.1) is 5.10 Å². The van der Waals surface area contributed by atoms with Gasteiger partial charge >= 0.3 is 0 Å². The lowest BCUT2D eigenvalue weighted by atomic mass is 10.1. The number of nitrogens with zero attached hydrogens (tertiary/aromatic N) is 4. The molecule has 0 aliphatic carbocycles. The Labute approximate surface area is 148 Å². The summed E-state index contributed by atoms with van der Waals surface area (Å²) in [5.74, 6) is 0.376. The van der Waals surface area contributed by atoms with Gasteiger partial charge in [0.25, 0.3) is 5.91 Å². The molecule has 8 heteroatoms. The third-order valence-corrected chi connectivity index (χ3v) is 4.87. The monoisotopic (exact) mass is 352 g/mol. The van der Waals surface area contributed by atoms with Gasteiger partial charge in [-0.3, -0.25) is 14.4 Å². The molecule has 1 aromatic rings. The van der Waals surface area contributed by atoms with Gasteiger partial charge in [-0.25, -0.2) is 0 Å². The van der Waals surface area contributed by atoms with Crippen LogP contribution in [0.15, 0.2) is 6.20 Å². The van der Waals surface area contributed by atoms with Gasteiger partial charge < -0.3 is 19.1 Å². The SMILES string of the molecule is COc1nn(C)cc1C(=O)N(CCN1CCOCC1)C1CCOCC1. The molecule has 3 rings (SSSR count).